The third kappa shape index (κ3) is 2.81. The Morgan fingerprint density at radius 1 is 1.50 bits per heavy atom. The first-order valence-corrected chi connectivity index (χ1v) is 4.27. The molecule has 14 heavy (non-hydrogen) atoms. The molecule has 0 bridgehead atoms. The van der Waals surface area contributed by atoms with Crippen molar-refractivity contribution in [1.29, 1.82) is 0 Å². The minimum Gasteiger partial charge on any atom is -0.388 e. The van der Waals surface area contributed by atoms with Gasteiger partial charge in [-0.2, -0.15) is 0 Å². The summed E-state index contributed by atoms with van der Waals surface area (Å²) in [4.78, 5) is 10.9. The molecule has 2 N–H and O–H groups in total. The van der Waals surface area contributed by atoms with Gasteiger partial charge in [0.2, 0.25) is 5.91 Å². The molecule has 0 radical (unpaired) electrons. The zero-order chi connectivity index (χ0) is 10.6. The molecule has 76 valence electrons. The van der Waals surface area contributed by atoms with Gasteiger partial charge in [-0.25, -0.2) is 4.39 Å². The Labute approximate surface area is 81.6 Å². The molecule has 0 aliphatic heterocycles. The number of hydrogen-bond donors (Lipinski definition) is 2. The fourth-order valence-corrected chi connectivity index (χ4v) is 1.08. The summed E-state index contributed by atoms with van der Waals surface area (Å²) >= 11 is 0. The van der Waals surface area contributed by atoms with Gasteiger partial charge in [-0.15, -0.1) is 0 Å². The number of benzene rings is 1. The van der Waals surface area contributed by atoms with E-state index in [1.54, 1.807) is 0 Å². The quantitative estimate of drug-likeness (QED) is 0.759. The SMILES string of the molecule is CNC(=O)C[C@@H](O)c1ccc(F)cc1. The number of hydrogen-bond acceptors (Lipinski definition) is 2. The predicted octanol–water partition coefficient (Wildman–Crippen LogP) is 0.995. The van der Waals surface area contributed by atoms with E-state index in [-0.39, 0.29) is 18.1 Å². The Hall–Kier alpha value is -1.42. The van der Waals surface area contributed by atoms with Crippen LogP contribution in [0.4, 0.5) is 4.39 Å². The highest BCUT2D eigenvalue weighted by molar-refractivity contribution is 5.76. The van der Waals surface area contributed by atoms with Gasteiger partial charge in [0.1, 0.15) is 5.82 Å². The molecule has 0 aliphatic rings. The van der Waals surface area contributed by atoms with E-state index in [2.05, 4.69) is 5.32 Å². The summed E-state index contributed by atoms with van der Waals surface area (Å²) < 4.78 is 12.5. The Morgan fingerprint density at radius 3 is 2.57 bits per heavy atom. The lowest BCUT2D eigenvalue weighted by Gasteiger charge is -2.09. The van der Waals surface area contributed by atoms with E-state index in [1.165, 1.54) is 31.3 Å². The van der Waals surface area contributed by atoms with E-state index in [9.17, 15) is 14.3 Å². The summed E-state index contributed by atoms with van der Waals surface area (Å²) in [5.74, 6) is -0.609. The van der Waals surface area contributed by atoms with Gasteiger partial charge < -0.3 is 10.4 Å². The van der Waals surface area contributed by atoms with Gasteiger partial charge in [-0.05, 0) is 17.7 Å². The molecule has 4 heteroatoms. The predicted molar refractivity (Wildman–Crippen MR) is 50.0 cm³/mol. The van der Waals surface area contributed by atoms with E-state index in [0.29, 0.717) is 5.56 Å². The molecule has 0 saturated heterocycles. The molecule has 0 unspecified atom stereocenters. The van der Waals surface area contributed by atoms with Crippen molar-refractivity contribution in [2.24, 2.45) is 0 Å². The minimum atomic E-state index is -0.879. The Bertz CT molecular complexity index is 310. The zero-order valence-electron chi connectivity index (χ0n) is 7.83. The number of carbonyl (C=O) groups is 1. The van der Waals surface area contributed by atoms with Gasteiger partial charge in [-0.1, -0.05) is 12.1 Å². The zero-order valence-corrected chi connectivity index (χ0v) is 7.83. The molecule has 1 aromatic rings. The van der Waals surface area contributed by atoms with Crippen molar-refractivity contribution < 1.29 is 14.3 Å². The third-order valence-electron chi connectivity index (χ3n) is 1.91. The van der Waals surface area contributed by atoms with Crippen LogP contribution in [0.3, 0.4) is 0 Å². The Balaban J connectivity index is 2.65. The van der Waals surface area contributed by atoms with Crippen molar-refractivity contribution in [3.63, 3.8) is 0 Å². The lowest BCUT2D eigenvalue weighted by molar-refractivity contribution is -0.122. The molecule has 1 rings (SSSR count). The number of rotatable bonds is 3. The van der Waals surface area contributed by atoms with Crippen molar-refractivity contribution >= 4 is 5.91 Å². The number of nitrogens with one attached hydrogen (secondary N) is 1. The van der Waals surface area contributed by atoms with Crippen molar-refractivity contribution in [1.82, 2.24) is 5.32 Å². The molecule has 3 nitrogen and oxygen atoms in total. The molecule has 1 amide bonds. The molecule has 0 heterocycles. The molecule has 0 fully saturated rings. The Kier molecular flexibility index (Phi) is 3.59. The van der Waals surface area contributed by atoms with Crippen LogP contribution >= 0.6 is 0 Å². The van der Waals surface area contributed by atoms with E-state index in [1.807, 2.05) is 0 Å². The van der Waals surface area contributed by atoms with Crippen LogP contribution in [0.1, 0.15) is 18.1 Å². The van der Waals surface area contributed by atoms with Gasteiger partial charge in [0.25, 0.3) is 0 Å². The van der Waals surface area contributed by atoms with E-state index < -0.39 is 6.10 Å². The molecule has 0 spiro atoms. The largest absolute Gasteiger partial charge is 0.388 e. The summed E-state index contributed by atoms with van der Waals surface area (Å²) in [5, 5.41) is 11.9. The first-order chi connectivity index (χ1) is 6.63. The first-order valence-electron chi connectivity index (χ1n) is 4.27. The van der Waals surface area contributed by atoms with E-state index in [4.69, 9.17) is 0 Å². The van der Waals surface area contributed by atoms with Crippen LogP contribution in [0.25, 0.3) is 0 Å². The first kappa shape index (κ1) is 10.7. The van der Waals surface area contributed by atoms with Crippen LogP contribution in [0.5, 0.6) is 0 Å². The smallest absolute Gasteiger partial charge is 0.222 e. The number of aliphatic hydroxyl groups excluding tert-OH is 1. The second kappa shape index (κ2) is 4.72. The van der Waals surface area contributed by atoms with Crippen LogP contribution in [0, 0.1) is 5.82 Å². The lowest BCUT2D eigenvalue weighted by Crippen LogP contribution is -2.20. The van der Waals surface area contributed by atoms with Crippen LogP contribution < -0.4 is 5.32 Å². The monoisotopic (exact) mass is 197 g/mol. The molecular weight excluding hydrogens is 185 g/mol. The summed E-state index contributed by atoms with van der Waals surface area (Å²) in [7, 11) is 1.50. The molecule has 1 aromatic carbocycles. The van der Waals surface area contributed by atoms with Crippen LogP contribution in [0.15, 0.2) is 24.3 Å². The highest BCUT2D eigenvalue weighted by Crippen LogP contribution is 2.16. The Morgan fingerprint density at radius 2 is 2.07 bits per heavy atom. The lowest BCUT2D eigenvalue weighted by atomic mass is 10.1. The standard InChI is InChI=1S/C10H12FNO2/c1-12-10(14)6-9(13)7-2-4-8(11)5-3-7/h2-5,9,13H,6H2,1H3,(H,12,14)/t9-/m1/s1. The summed E-state index contributed by atoms with van der Waals surface area (Å²) in [6.45, 7) is 0. The highest BCUT2D eigenvalue weighted by Gasteiger charge is 2.11. The maximum absolute atomic E-state index is 12.5. The molecule has 1 atom stereocenters. The van der Waals surface area contributed by atoms with E-state index >= 15 is 0 Å². The fraction of sp³-hybridized carbons (Fsp3) is 0.300. The number of aliphatic hydroxyl groups is 1. The fourth-order valence-electron chi connectivity index (χ4n) is 1.08. The van der Waals surface area contributed by atoms with Crippen molar-refractivity contribution in [3.05, 3.63) is 35.6 Å². The number of amides is 1. The van der Waals surface area contributed by atoms with Gasteiger partial charge >= 0.3 is 0 Å². The van der Waals surface area contributed by atoms with Crippen molar-refractivity contribution in [2.75, 3.05) is 7.05 Å². The second-order valence-electron chi connectivity index (χ2n) is 2.94. The molecule has 0 saturated carbocycles. The van der Waals surface area contributed by atoms with Crippen molar-refractivity contribution in [3.8, 4) is 0 Å². The maximum Gasteiger partial charge on any atom is 0.222 e. The van der Waals surface area contributed by atoms with Gasteiger partial charge in [0.05, 0.1) is 12.5 Å². The van der Waals surface area contributed by atoms with Crippen LogP contribution in [-0.2, 0) is 4.79 Å². The summed E-state index contributed by atoms with van der Waals surface area (Å²) in [6, 6.07) is 5.43. The van der Waals surface area contributed by atoms with Crippen LogP contribution in [-0.4, -0.2) is 18.1 Å². The summed E-state index contributed by atoms with van der Waals surface area (Å²) in [6.07, 6.45) is -0.891. The summed E-state index contributed by atoms with van der Waals surface area (Å²) in [5.41, 5.74) is 0.537. The normalized spacial score (nSPS) is 12.2. The number of carbonyl (C=O) groups excluding carboxylic acids is 1. The maximum atomic E-state index is 12.5. The van der Waals surface area contributed by atoms with Gasteiger partial charge in [0, 0.05) is 7.05 Å². The third-order valence-corrected chi connectivity index (χ3v) is 1.91. The average Bonchev–Trinajstić information content (AvgIpc) is 2.18. The second-order valence-corrected chi connectivity index (χ2v) is 2.94. The van der Waals surface area contributed by atoms with E-state index in [0.717, 1.165) is 0 Å². The molecular formula is C10H12FNO2. The number of halogens is 1. The molecule has 0 aliphatic carbocycles. The van der Waals surface area contributed by atoms with Gasteiger partial charge in [0.15, 0.2) is 0 Å². The van der Waals surface area contributed by atoms with Gasteiger partial charge in [-0.3, -0.25) is 4.79 Å². The minimum absolute atomic E-state index is 0.0118. The highest BCUT2D eigenvalue weighted by atomic mass is 19.1. The topological polar surface area (TPSA) is 49.3 Å². The van der Waals surface area contributed by atoms with Crippen molar-refractivity contribution in [2.45, 2.75) is 12.5 Å². The molecule has 0 aromatic heterocycles. The average molecular weight is 197 g/mol. The van der Waals surface area contributed by atoms with Crippen LogP contribution in [0.2, 0.25) is 0 Å².